The van der Waals surface area contributed by atoms with Gasteiger partial charge >= 0.3 is 0 Å². The predicted octanol–water partition coefficient (Wildman–Crippen LogP) is 5.59. The van der Waals surface area contributed by atoms with E-state index in [-0.39, 0.29) is 12.6 Å². The number of halogens is 1. The number of hydrogen-bond acceptors (Lipinski definition) is 4. The summed E-state index contributed by atoms with van der Waals surface area (Å²) in [5.74, 6) is 0. The van der Waals surface area contributed by atoms with Crippen molar-refractivity contribution in [3.63, 3.8) is 0 Å². The van der Waals surface area contributed by atoms with Crippen LogP contribution in [0.5, 0.6) is 0 Å². The summed E-state index contributed by atoms with van der Waals surface area (Å²) in [4.78, 5) is 22.9. The molecule has 0 radical (unpaired) electrons. The quantitative estimate of drug-likeness (QED) is 0.525. The highest BCUT2D eigenvalue weighted by Crippen LogP contribution is 2.20. The van der Waals surface area contributed by atoms with Crippen LogP contribution in [-0.2, 0) is 11.4 Å². The van der Waals surface area contributed by atoms with Crippen LogP contribution in [0, 0.1) is 6.92 Å². The van der Waals surface area contributed by atoms with Crippen molar-refractivity contribution >= 4 is 24.2 Å². The lowest BCUT2D eigenvalue weighted by molar-refractivity contribution is -0.111. The van der Waals surface area contributed by atoms with Gasteiger partial charge in [-0.2, -0.15) is 0 Å². The molecule has 1 N–H and O–H groups in total. The maximum Gasteiger partial charge on any atom is 0.150 e. The van der Waals surface area contributed by atoms with Crippen molar-refractivity contribution in [2.24, 2.45) is 0 Å². The molecule has 0 saturated carbocycles. The van der Waals surface area contributed by atoms with Crippen molar-refractivity contribution in [3.8, 4) is 11.1 Å². The number of likely N-dealkylation sites (N-methyl/N-ethyl adjacent to an activating group) is 1. The molecule has 0 bridgehead atoms. The molecule has 32 heavy (non-hydrogen) atoms. The van der Waals surface area contributed by atoms with E-state index < -0.39 is 0 Å². The standard InChI is InChI=1S/C14H12O2.C7H7Cl.C6H11NO/c15-9-11-4-6-13(7-5-11)14-3-1-2-12(8-14)10-16;1-6-2-4-7(8)5-3-6;1-7-4-2-3-6(7)5-8/h1-8,10,15H,9H2;2-5H,1H3;5-6H,2-4H2,1H3. The van der Waals surface area contributed by atoms with E-state index in [1.165, 1.54) is 12.0 Å². The third-order valence-corrected chi connectivity index (χ3v) is 5.49. The third-order valence-electron chi connectivity index (χ3n) is 5.24. The first-order valence-corrected chi connectivity index (χ1v) is 11.0. The summed E-state index contributed by atoms with van der Waals surface area (Å²) in [5.41, 5.74) is 4.85. The number of aldehydes is 2. The highest BCUT2D eigenvalue weighted by atomic mass is 35.5. The number of aryl methyl sites for hydroxylation is 1. The molecule has 1 atom stereocenters. The van der Waals surface area contributed by atoms with Gasteiger partial charge in [-0.15, -0.1) is 0 Å². The molecule has 0 aliphatic carbocycles. The number of aliphatic hydroxyl groups excluding tert-OH is 1. The number of rotatable bonds is 4. The summed E-state index contributed by atoms with van der Waals surface area (Å²) >= 11 is 5.61. The van der Waals surface area contributed by atoms with E-state index in [9.17, 15) is 9.59 Å². The molecular formula is C27H30ClNO3. The molecule has 1 saturated heterocycles. The molecule has 168 valence electrons. The summed E-state index contributed by atoms with van der Waals surface area (Å²) in [6.07, 6.45) is 4.11. The summed E-state index contributed by atoms with van der Waals surface area (Å²) in [5, 5.41) is 9.74. The number of likely N-dealkylation sites (tertiary alicyclic amines) is 1. The second kappa shape index (κ2) is 13.6. The third kappa shape index (κ3) is 8.39. The Labute approximate surface area is 195 Å². The molecule has 0 spiro atoms. The SMILES string of the molecule is CN1CCCC1C=O.Cc1ccc(Cl)cc1.O=Cc1cccc(-c2ccc(CO)cc2)c1. The molecule has 1 fully saturated rings. The van der Waals surface area contributed by atoms with Crippen molar-refractivity contribution in [1.29, 1.82) is 0 Å². The fourth-order valence-electron chi connectivity index (χ4n) is 3.24. The lowest BCUT2D eigenvalue weighted by atomic mass is 10.0. The van der Waals surface area contributed by atoms with E-state index in [4.69, 9.17) is 16.7 Å². The van der Waals surface area contributed by atoms with Crippen LogP contribution in [0.2, 0.25) is 5.02 Å². The maximum atomic E-state index is 10.7. The minimum atomic E-state index is 0.0503. The molecule has 0 amide bonds. The fraction of sp³-hybridized carbons (Fsp3) is 0.259. The van der Waals surface area contributed by atoms with Crippen LogP contribution < -0.4 is 0 Å². The number of carbonyl (C=O) groups is 2. The molecule has 1 aliphatic heterocycles. The Kier molecular flexibility index (Phi) is 10.8. The van der Waals surface area contributed by atoms with Crippen LogP contribution >= 0.6 is 11.6 Å². The molecule has 1 unspecified atom stereocenters. The average molecular weight is 452 g/mol. The number of aliphatic hydroxyl groups is 1. The van der Waals surface area contributed by atoms with Gasteiger partial charge in [0.25, 0.3) is 0 Å². The zero-order valence-corrected chi connectivity index (χ0v) is 19.3. The summed E-state index contributed by atoms with van der Waals surface area (Å²) in [7, 11) is 1.99. The van der Waals surface area contributed by atoms with E-state index >= 15 is 0 Å². The highest BCUT2D eigenvalue weighted by molar-refractivity contribution is 6.30. The lowest BCUT2D eigenvalue weighted by Gasteiger charge is -2.10. The molecule has 1 aliphatic rings. The van der Waals surface area contributed by atoms with E-state index in [1.807, 2.05) is 80.7 Å². The number of benzene rings is 3. The number of carbonyl (C=O) groups excluding carboxylic acids is 2. The van der Waals surface area contributed by atoms with Gasteiger partial charge in [0, 0.05) is 10.6 Å². The number of hydrogen-bond donors (Lipinski definition) is 1. The molecule has 1 heterocycles. The largest absolute Gasteiger partial charge is 0.392 e. The zero-order chi connectivity index (χ0) is 23.3. The normalized spacial score (nSPS) is 15.1. The van der Waals surface area contributed by atoms with Crippen molar-refractivity contribution in [2.45, 2.75) is 32.4 Å². The van der Waals surface area contributed by atoms with Crippen LogP contribution in [0.1, 0.15) is 34.3 Å². The molecular weight excluding hydrogens is 422 g/mol. The van der Waals surface area contributed by atoms with Crippen molar-refractivity contribution in [1.82, 2.24) is 4.90 Å². The minimum Gasteiger partial charge on any atom is -0.392 e. The van der Waals surface area contributed by atoms with Gasteiger partial charge < -0.3 is 9.90 Å². The van der Waals surface area contributed by atoms with Crippen molar-refractivity contribution in [2.75, 3.05) is 13.6 Å². The smallest absolute Gasteiger partial charge is 0.150 e. The topological polar surface area (TPSA) is 57.6 Å². The fourth-order valence-corrected chi connectivity index (χ4v) is 3.36. The monoisotopic (exact) mass is 451 g/mol. The van der Waals surface area contributed by atoms with E-state index in [1.54, 1.807) is 6.07 Å². The first-order valence-electron chi connectivity index (χ1n) is 10.6. The van der Waals surface area contributed by atoms with Crippen LogP contribution in [-0.4, -0.2) is 42.2 Å². The van der Waals surface area contributed by atoms with Crippen LogP contribution in [0.3, 0.4) is 0 Å². The average Bonchev–Trinajstić information content (AvgIpc) is 3.26. The Morgan fingerprint density at radius 2 is 1.69 bits per heavy atom. The Morgan fingerprint density at radius 3 is 2.16 bits per heavy atom. The maximum absolute atomic E-state index is 10.7. The first-order chi connectivity index (χ1) is 15.5. The van der Waals surface area contributed by atoms with Crippen molar-refractivity contribution in [3.05, 3.63) is 94.5 Å². The van der Waals surface area contributed by atoms with Gasteiger partial charge in [-0.3, -0.25) is 9.69 Å². The molecule has 4 rings (SSSR count). The van der Waals surface area contributed by atoms with Gasteiger partial charge in [0.2, 0.25) is 0 Å². The highest BCUT2D eigenvalue weighted by Gasteiger charge is 2.18. The summed E-state index contributed by atoms with van der Waals surface area (Å²) in [6.45, 7) is 3.17. The van der Waals surface area contributed by atoms with Gasteiger partial charge in [0.15, 0.2) is 0 Å². The molecule has 5 heteroatoms. The zero-order valence-electron chi connectivity index (χ0n) is 18.6. The Morgan fingerprint density at radius 1 is 1.00 bits per heavy atom. The summed E-state index contributed by atoms with van der Waals surface area (Å²) < 4.78 is 0. The van der Waals surface area contributed by atoms with Crippen molar-refractivity contribution < 1.29 is 14.7 Å². The van der Waals surface area contributed by atoms with Gasteiger partial charge in [0.05, 0.1) is 12.6 Å². The minimum absolute atomic E-state index is 0.0503. The van der Waals surface area contributed by atoms with Gasteiger partial charge in [-0.25, -0.2) is 0 Å². The van der Waals surface area contributed by atoms with Crippen LogP contribution in [0.25, 0.3) is 11.1 Å². The molecule has 4 nitrogen and oxygen atoms in total. The molecule has 0 aromatic heterocycles. The van der Waals surface area contributed by atoms with E-state index in [0.717, 1.165) is 47.3 Å². The second-order valence-electron chi connectivity index (χ2n) is 7.72. The first kappa shape index (κ1) is 25.5. The predicted molar refractivity (Wildman–Crippen MR) is 131 cm³/mol. The Hall–Kier alpha value is -2.79. The van der Waals surface area contributed by atoms with Crippen LogP contribution in [0.15, 0.2) is 72.8 Å². The second-order valence-corrected chi connectivity index (χ2v) is 8.16. The summed E-state index contributed by atoms with van der Waals surface area (Å²) in [6, 6.07) is 23.0. The van der Waals surface area contributed by atoms with Gasteiger partial charge in [-0.1, -0.05) is 71.8 Å². The van der Waals surface area contributed by atoms with Crippen LogP contribution in [0.4, 0.5) is 0 Å². The number of nitrogens with zero attached hydrogens (tertiary/aromatic N) is 1. The van der Waals surface area contributed by atoms with Gasteiger partial charge in [0.1, 0.15) is 12.6 Å². The Bertz CT molecular complexity index is 950. The molecule has 3 aromatic rings. The van der Waals surface area contributed by atoms with E-state index in [2.05, 4.69) is 4.90 Å². The molecule has 3 aromatic carbocycles. The van der Waals surface area contributed by atoms with Gasteiger partial charge in [-0.05, 0) is 68.2 Å². The van der Waals surface area contributed by atoms with E-state index in [0.29, 0.717) is 5.56 Å². The lowest BCUT2D eigenvalue weighted by Crippen LogP contribution is -2.25. The Balaban J connectivity index is 0.000000190.